The molecule has 1 N–H and O–H groups in total. The van der Waals surface area contributed by atoms with Crippen molar-refractivity contribution in [3.05, 3.63) is 132 Å². The van der Waals surface area contributed by atoms with Gasteiger partial charge in [-0.2, -0.15) is 0 Å². The van der Waals surface area contributed by atoms with Crippen molar-refractivity contribution in [2.24, 2.45) is 0 Å². The molecular formula is C46H66N2. The summed E-state index contributed by atoms with van der Waals surface area (Å²) >= 11 is 0. The van der Waals surface area contributed by atoms with Crippen molar-refractivity contribution < 1.29 is 0 Å². The summed E-state index contributed by atoms with van der Waals surface area (Å²) in [5.41, 5.74) is 12.5. The Morgan fingerprint density at radius 1 is 0.875 bits per heavy atom. The normalized spacial score (nSPS) is 11.6. The lowest BCUT2D eigenvalue weighted by Crippen LogP contribution is -2.15. The Hall–Kier alpha value is -3.88. The number of nitrogens with one attached hydrogen (secondary N) is 1. The van der Waals surface area contributed by atoms with E-state index < -0.39 is 0 Å². The van der Waals surface area contributed by atoms with Crippen LogP contribution >= 0.6 is 0 Å². The van der Waals surface area contributed by atoms with Gasteiger partial charge in [0.05, 0.1) is 5.52 Å². The first-order valence-electron chi connectivity index (χ1n) is 18.2. The average Bonchev–Trinajstić information content (AvgIpc) is 3.45. The minimum atomic E-state index is 0.100. The van der Waals surface area contributed by atoms with Crippen LogP contribution in [-0.4, -0.2) is 18.2 Å². The maximum Gasteiger partial charge on any atom is 0.0538 e. The second kappa shape index (κ2) is 21.9. The minimum absolute atomic E-state index is 0.100. The Balaban J connectivity index is 0.000000707. The van der Waals surface area contributed by atoms with Gasteiger partial charge in [0.2, 0.25) is 0 Å². The summed E-state index contributed by atoms with van der Waals surface area (Å²) < 4.78 is 2.46. The Labute approximate surface area is 295 Å². The standard InChI is InChI=1S/C33H37N.C6H8.C3H9N.2C2H6/c1-7-23-11-10-13-27(32(23)33(4,5)6)25-17-20-31-29(21-25)28-12-8-9-14-30(28)34(31)26-18-15-24(16-19-26)22(2)3;1-3-5-6-4-2;1-3-4-2;2*1-2/h9-11,13-22H,7-8,12H2,1-6H3;3-6H,1-2H2;4H,3H2,1-2H3;2*1-2H3/b;6-5-;;;. The third kappa shape index (κ3) is 11.1. The van der Waals surface area contributed by atoms with Gasteiger partial charge in [-0.1, -0.05) is 156 Å². The highest BCUT2D eigenvalue weighted by Gasteiger charge is 2.24. The molecule has 0 amide bonds. The molecule has 1 aliphatic rings. The van der Waals surface area contributed by atoms with E-state index >= 15 is 0 Å². The number of hydrogen-bond donors (Lipinski definition) is 1. The molecule has 0 atom stereocenters. The molecule has 3 aromatic carbocycles. The predicted octanol–water partition coefficient (Wildman–Crippen LogP) is 13.4. The van der Waals surface area contributed by atoms with E-state index in [4.69, 9.17) is 0 Å². The lowest BCUT2D eigenvalue weighted by atomic mass is 9.78. The van der Waals surface area contributed by atoms with Gasteiger partial charge in [-0.25, -0.2) is 0 Å². The van der Waals surface area contributed by atoms with Crippen LogP contribution in [0.2, 0.25) is 0 Å². The SMILES string of the molecule is C=C/C=C\C=C.CC.CC.CCNC.CCc1cccc(-c2ccc3c(c2)c2c(n3-c3ccc(C(C)C)cc3)C=CCC2)c1C(C)(C)C. The quantitative estimate of drug-likeness (QED) is 0.198. The van der Waals surface area contributed by atoms with Gasteiger partial charge in [-0.05, 0) is 108 Å². The van der Waals surface area contributed by atoms with Crippen LogP contribution in [0.25, 0.3) is 33.8 Å². The van der Waals surface area contributed by atoms with E-state index in [1.54, 1.807) is 12.2 Å². The highest BCUT2D eigenvalue weighted by atomic mass is 15.0. The molecule has 2 nitrogen and oxygen atoms in total. The van der Waals surface area contributed by atoms with Crippen molar-refractivity contribution in [1.82, 2.24) is 9.88 Å². The van der Waals surface area contributed by atoms with Gasteiger partial charge in [0, 0.05) is 16.8 Å². The molecule has 1 heterocycles. The zero-order chi connectivity index (χ0) is 36.3. The van der Waals surface area contributed by atoms with Crippen molar-refractivity contribution in [3.63, 3.8) is 0 Å². The third-order valence-corrected chi connectivity index (χ3v) is 8.10. The second-order valence-corrected chi connectivity index (χ2v) is 12.6. The van der Waals surface area contributed by atoms with Crippen molar-refractivity contribution in [2.45, 2.75) is 107 Å². The number of benzene rings is 3. The largest absolute Gasteiger partial charge is 0.320 e. The maximum absolute atomic E-state index is 3.46. The van der Waals surface area contributed by atoms with Crippen LogP contribution in [0.1, 0.15) is 116 Å². The predicted molar refractivity (Wildman–Crippen MR) is 220 cm³/mol. The summed E-state index contributed by atoms with van der Waals surface area (Å²) in [5, 5.41) is 4.33. The molecule has 0 aliphatic heterocycles. The van der Waals surface area contributed by atoms with Crippen LogP contribution in [0.5, 0.6) is 0 Å². The van der Waals surface area contributed by atoms with Crippen LogP contribution in [0.4, 0.5) is 0 Å². The van der Waals surface area contributed by atoms with Crippen LogP contribution < -0.4 is 5.32 Å². The molecule has 0 radical (unpaired) electrons. The molecule has 48 heavy (non-hydrogen) atoms. The third-order valence-electron chi connectivity index (χ3n) is 8.10. The van der Waals surface area contributed by atoms with E-state index in [1.165, 1.54) is 55.7 Å². The molecule has 0 saturated heterocycles. The Morgan fingerprint density at radius 3 is 1.98 bits per heavy atom. The zero-order valence-electron chi connectivity index (χ0n) is 32.5. The number of aromatic nitrogens is 1. The summed E-state index contributed by atoms with van der Waals surface area (Å²) in [7, 11) is 1.93. The molecular weight excluding hydrogens is 581 g/mol. The molecule has 0 saturated carbocycles. The number of allylic oxidation sites excluding steroid dienone is 5. The Kier molecular flexibility index (Phi) is 19.2. The van der Waals surface area contributed by atoms with Crippen LogP contribution in [-0.2, 0) is 18.3 Å². The number of fused-ring (bicyclic) bond motifs is 3. The number of hydrogen-bond acceptors (Lipinski definition) is 1. The van der Waals surface area contributed by atoms with Crippen molar-refractivity contribution in [3.8, 4) is 16.8 Å². The summed E-state index contributed by atoms with van der Waals surface area (Å²) in [5.74, 6) is 0.544. The van der Waals surface area contributed by atoms with E-state index in [1.807, 2.05) is 46.9 Å². The van der Waals surface area contributed by atoms with Gasteiger partial charge in [0.25, 0.3) is 0 Å². The number of nitrogens with zero attached hydrogens (tertiary/aromatic N) is 1. The molecule has 5 rings (SSSR count). The molecule has 260 valence electrons. The van der Waals surface area contributed by atoms with E-state index in [9.17, 15) is 0 Å². The van der Waals surface area contributed by atoms with Crippen molar-refractivity contribution in [1.29, 1.82) is 0 Å². The average molecular weight is 647 g/mol. The van der Waals surface area contributed by atoms with Gasteiger partial charge >= 0.3 is 0 Å². The molecule has 1 aliphatic carbocycles. The monoisotopic (exact) mass is 647 g/mol. The van der Waals surface area contributed by atoms with Crippen LogP contribution in [0, 0.1) is 0 Å². The van der Waals surface area contributed by atoms with Gasteiger partial charge in [0.15, 0.2) is 0 Å². The Morgan fingerprint density at radius 2 is 1.48 bits per heavy atom. The van der Waals surface area contributed by atoms with E-state index in [0.717, 1.165) is 25.8 Å². The highest BCUT2D eigenvalue weighted by molar-refractivity contribution is 5.94. The van der Waals surface area contributed by atoms with Gasteiger partial charge < -0.3 is 9.88 Å². The smallest absolute Gasteiger partial charge is 0.0538 e. The summed E-state index contributed by atoms with van der Waals surface area (Å²) in [6.45, 7) is 31.9. The lowest BCUT2D eigenvalue weighted by molar-refractivity contribution is 0.585. The van der Waals surface area contributed by atoms with Crippen molar-refractivity contribution >= 4 is 17.0 Å². The molecule has 0 unspecified atom stereocenters. The van der Waals surface area contributed by atoms with E-state index in [2.05, 4.69) is 144 Å². The van der Waals surface area contributed by atoms with E-state index in [0.29, 0.717) is 5.92 Å². The Bertz CT molecular complexity index is 1570. The molecule has 1 aromatic heterocycles. The summed E-state index contributed by atoms with van der Waals surface area (Å²) in [6, 6.07) is 23.1. The fourth-order valence-corrected chi connectivity index (χ4v) is 5.87. The minimum Gasteiger partial charge on any atom is -0.320 e. The number of rotatable bonds is 7. The van der Waals surface area contributed by atoms with Crippen LogP contribution in [0.3, 0.4) is 0 Å². The first kappa shape index (κ1) is 42.1. The number of aryl methyl sites for hydroxylation is 2. The van der Waals surface area contributed by atoms with Gasteiger partial charge in [-0.15, -0.1) is 0 Å². The first-order chi connectivity index (χ1) is 23.1. The van der Waals surface area contributed by atoms with Gasteiger partial charge in [-0.3, -0.25) is 0 Å². The van der Waals surface area contributed by atoms with Gasteiger partial charge in [0.1, 0.15) is 0 Å². The summed E-state index contributed by atoms with van der Waals surface area (Å²) in [4.78, 5) is 0. The van der Waals surface area contributed by atoms with Crippen LogP contribution in [0.15, 0.2) is 104 Å². The fourth-order valence-electron chi connectivity index (χ4n) is 5.87. The molecule has 4 aromatic rings. The second-order valence-electron chi connectivity index (χ2n) is 12.6. The zero-order valence-corrected chi connectivity index (χ0v) is 32.5. The highest BCUT2D eigenvalue weighted by Crippen LogP contribution is 2.40. The molecule has 0 fully saturated rings. The topological polar surface area (TPSA) is 17.0 Å². The van der Waals surface area contributed by atoms with Crippen molar-refractivity contribution in [2.75, 3.05) is 13.6 Å². The van der Waals surface area contributed by atoms with E-state index in [-0.39, 0.29) is 5.41 Å². The molecule has 0 bridgehead atoms. The fraction of sp³-hybridized carbons (Fsp3) is 0.391. The first-order valence-corrected chi connectivity index (χ1v) is 18.2. The lowest BCUT2D eigenvalue weighted by Gasteiger charge is -2.26. The maximum atomic E-state index is 3.46. The summed E-state index contributed by atoms with van der Waals surface area (Å²) in [6.07, 6.45) is 15.0. The molecule has 0 spiro atoms. The molecule has 2 heteroatoms.